The number of halogens is 4. The number of rotatable bonds is 48. The lowest BCUT2D eigenvalue weighted by atomic mass is 10.1. The molecule has 10 amide bonds. The van der Waals surface area contributed by atoms with Gasteiger partial charge in [0.15, 0.2) is 0 Å². The summed E-state index contributed by atoms with van der Waals surface area (Å²) < 4.78 is 89.3. The van der Waals surface area contributed by atoms with Crippen LogP contribution in [0, 0.1) is 22.7 Å². The SMILES string of the molecule is CN(CC(=O)NCCCCOc1ccc2nccc(C(=O)NCC(=O)N3CC(F)(F)C[C@@H]3C#N)c2c1)[C@@H]1CCN(C(=O)CC[C@H](NC(=O)CCOCCOCCNC(=O)CN2CCN(COC=O)CCN(COC=O)CCN(CC(=O)O)CC2)C(=O)N2CC[C@@H](N(C)CC(=O)NCCCCOc3ccc4nccc(C(=O)NCC(=O)N5CC(F)(F)C[C@H]5C#N)c4c3)C2)C1. The molecule has 0 aliphatic carbocycles. The molecule has 40 nitrogen and oxygen atoms in total. The molecule has 5 aliphatic rings. The molecule has 2 aromatic heterocycles. The first-order valence-electron chi connectivity index (χ1n) is 42.7. The summed E-state index contributed by atoms with van der Waals surface area (Å²) in [5.41, 5.74) is 1.23. The fourth-order valence-electron chi connectivity index (χ4n) is 15.5. The van der Waals surface area contributed by atoms with Gasteiger partial charge in [0.05, 0.1) is 126 Å². The number of nitrogens with zero attached hydrogens (tertiary/aromatic N) is 14. The molecule has 0 bridgehead atoms. The first-order chi connectivity index (χ1) is 61.5. The number of aliphatic carboxylic acids is 1. The number of ether oxygens (including phenoxy) is 6. The summed E-state index contributed by atoms with van der Waals surface area (Å²) in [6, 6.07) is 12.1. The minimum absolute atomic E-state index is 0.00469. The van der Waals surface area contributed by atoms with Crippen molar-refractivity contribution in [2.45, 2.75) is 113 Å². The highest BCUT2D eigenvalue weighted by Gasteiger charge is 2.49. The number of unbranched alkanes of at least 4 members (excludes halogenated alkanes) is 2. The van der Waals surface area contributed by atoms with Gasteiger partial charge in [-0.1, -0.05) is 0 Å². The number of carbonyl (C=O) groups is 13. The molecule has 5 fully saturated rings. The van der Waals surface area contributed by atoms with Crippen LogP contribution in [0.5, 0.6) is 11.5 Å². The number of carboxylic acids is 1. The lowest BCUT2D eigenvalue weighted by Gasteiger charge is -2.33. The first-order valence-corrected chi connectivity index (χ1v) is 42.7. The molecule has 2 aromatic carbocycles. The quantitative estimate of drug-likeness (QED) is 0.0166. The Hall–Kier alpha value is -11.7. The van der Waals surface area contributed by atoms with Crippen molar-refractivity contribution in [2.24, 2.45) is 0 Å². The van der Waals surface area contributed by atoms with Crippen molar-refractivity contribution in [3.05, 3.63) is 72.1 Å². The number of likely N-dealkylation sites (N-methyl/N-ethyl adjacent to an activating group) is 2. The lowest BCUT2D eigenvalue weighted by molar-refractivity contribution is -0.139. The number of pyridine rings is 2. The van der Waals surface area contributed by atoms with Crippen LogP contribution < -0.4 is 41.4 Å². The molecule has 9 rings (SSSR count). The second kappa shape index (κ2) is 50.8. The predicted octanol–water partition coefficient (Wildman–Crippen LogP) is -0.550. The molecule has 5 atom stereocenters. The first kappa shape index (κ1) is 100. The van der Waals surface area contributed by atoms with Gasteiger partial charge in [-0.15, -0.1) is 0 Å². The van der Waals surface area contributed by atoms with Crippen LogP contribution >= 0.6 is 0 Å². The molecule has 128 heavy (non-hydrogen) atoms. The Morgan fingerprint density at radius 3 is 1.46 bits per heavy atom. The average Bonchev–Trinajstić information content (AvgIpc) is 1.52. The van der Waals surface area contributed by atoms with E-state index < -0.39 is 110 Å². The third kappa shape index (κ3) is 32.3. The van der Waals surface area contributed by atoms with E-state index in [-0.39, 0.29) is 158 Å². The molecule has 7 heterocycles. The van der Waals surface area contributed by atoms with Crippen LogP contribution in [0.4, 0.5) is 17.6 Å². The Morgan fingerprint density at radius 2 is 0.984 bits per heavy atom. The fraction of sp³-hybridized carbons (Fsp3) is 0.607. The van der Waals surface area contributed by atoms with Gasteiger partial charge in [-0.05, 0) is 108 Å². The van der Waals surface area contributed by atoms with E-state index in [4.69, 9.17) is 28.4 Å². The maximum atomic E-state index is 14.6. The number of likely N-dealkylation sites (tertiary alicyclic amines) is 4. The van der Waals surface area contributed by atoms with E-state index in [0.717, 1.165) is 9.80 Å². The molecule has 44 heteroatoms. The van der Waals surface area contributed by atoms with Crippen LogP contribution in [0.1, 0.15) is 91.3 Å². The van der Waals surface area contributed by atoms with Crippen LogP contribution in [0.2, 0.25) is 0 Å². The second-order valence-corrected chi connectivity index (χ2v) is 32.0. The highest BCUT2D eigenvalue weighted by Crippen LogP contribution is 2.34. The van der Waals surface area contributed by atoms with Gasteiger partial charge in [-0.2, -0.15) is 10.5 Å². The number of nitrogens with one attached hydrogen (secondary N) is 6. The van der Waals surface area contributed by atoms with Gasteiger partial charge < -0.3 is 85.0 Å². The van der Waals surface area contributed by atoms with Crippen molar-refractivity contribution in [1.29, 1.82) is 10.5 Å². The zero-order valence-corrected chi connectivity index (χ0v) is 72.0. The van der Waals surface area contributed by atoms with Gasteiger partial charge in [0.2, 0.25) is 47.3 Å². The molecule has 5 saturated heterocycles. The number of hydrogen-bond acceptors (Lipinski definition) is 29. The van der Waals surface area contributed by atoms with Gasteiger partial charge >= 0.3 is 5.97 Å². The number of carbonyl (C=O) groups excluding carboxylic acids is 12. The van der Waals surface area contributed by atoms with E-state index in [0.29, 0.717) is 170 Å². The Labute approximate surface area is 737 Å². The third-order valence-corrected chi connectivity index (χ3v) is 22.5. The predicted molar refractivity (Wildman–Crippen MR) is 448 cm³/mol. The summed E-state index contributed by atoms with van der Waals surface area (Å²) in [7, 11) is 3.57. The summed E-state index contributed by atoms with van der Waals surface area (Å²) in [6.07, 6.45) is 4.19. The molecule has 698 valence electrons. The Kier molecular flexibility index (Phi) is 39.7. The van der Waals surface area contributed by atoms with E-state index in [2.05, 4.69) is 41.9 Å². The molecule has 0 saturated carbocycles. The minimum Gasteiger partial charge on any atom is -0.494 e. The van der Waals surface area contributed by atoms with Gasteiger partial charge in [0, 0.05) is 159 Å². The van der Waals surface area contributed by atoms with Crippen molar-refractivity contribution in [2.75, 3.05) is 218 Å². The summed E-state index contributed by atoms with van der Waals surface area (Å²) in [4.78, 5) is 192. The number of amides is 10. The molecule has 0 spiro atoms. The molecule has 7 N–H and O–H groups in total. The van der Waals surface area contributed by atoms with Gasteiger partial charge in [-0.3, -0.25) is 102 Å². The number of hydrogen-bond donors (Lipinski definition) is 7. The monoisotopic (exact) mass is 1800 g/mol. The number of benzene rings is 2. The van der Waals surface area contributed by atoms with Crippen molar-refractivity contribution in [3.8, 4) is 23.6 Å². The lowest BCUT2D eigenvalue weighted by Crippen LogP contribution is -2.49. The van der Waals surface area contributed by atoms with Gasteiger partial charge in [-0.25, -0.2) is 17.6 Å². The number of fused-ring (bicyclic) bond motifs is 2. The Bertz CT molecular complexity index is 4550. The summed E-state index contributed by atoms with van der Waals surface area (Å²) >= 11 is 0. The van der Waals surface area contributed by atoms with E-state index in [1.165, 1.54) is 24.5 Å². The molecule has 5 aliphatic heterocycles. The number of alkyl halides is 4. The van der Waals surface area contributed by atoms with Crippen molar-refractivity contribution in [3.63, 3.8) is 0 Å². The third-order valence-electron chi connectivity index (χ3n) is 22.5. The normalized spacial score (nSPS) is 19.0. The van der Waals surface area contributed by atoms with Crippen LogP contribution in [0.15, 0.2) is 60.9 Å². The zero-order chi connectivity index (χ0) is 92.1. The number of carboxylic acid groups (broad SMARTS) is 1. The molecule has 4 aromatic rings. The molecule has 0 unspecified atom stereocenters. The summed E-state index contributed by atoms with van der Waals surface area (Å²) in [5.74, 6) is -11.6. The van der Waals surface area contributed by atoms with Crippen LogP contribution in [0.3, 0.4) is 0 Å². The Morgan fingerprint density at radius 1 is 0.531 bits per heavy atom. The minimum atomic E-state index is -3.21. The van der Waals surface area contributed by atoms with Crippen molar-refractivity contribution < 1.29 is 113 Å². The standard InChI is InChI=1S/C84H114F4N20O20/c1-99(49-73(112)93-18-3-5-33-127-63-7-9-69-67(39-63)65(13-20-91-69)80(120)96-45-77(116)107-53-83(85,86)41-61(107)43-89)59-15-23-105(47-59)76(115)12-11-71(98-72(111)17-35-123-37-38-124-36-22-95-75(114)51-101-25-26-102(52-79(118)119)28-30-104(56-126-58-110)32-31-103(29-27-101)55-125-57-109)82(122)106-24-16-60(48-106)100(2)50-74(113)94-19-4-6-34-128-64-8-10-70-68(40-64)66(14-21-92-70)81(121)97-46-78(117)108-54-84(87,88)42-62(108)44-90/h7-10,13-14,20-21,39-40,57-62,71H,3-6,11-12,15-19,22-38,41-42,45-56H2,1-2H3,(H,93,112)(H,94,113)(H,95,114)(H,96,120)(H,97,121)(H,98,111)(H,118,119)/t59-,60-,61-,62+,71+/m1/s1. The topological polar surface area (TPSA) is 475 Å². The molecular weight excluding hydrogens is 1690 g/mol. The summed E-state index contributed by atoms with van der Waals surface area (Å²) in [6.45, 7) is 3.09. The van der Waals surface area contributed by atoms with E-state index in [9.17, 15) is 95.5 Å². The molecule has 0 radical (unpaired) electrons. The highest BCUT2D eigenvalue weighted by atomic mass is 19.3. The average molecular weight is 1800 g/mol. The van der Waals surface area contributed by atoms with Crippen LogP contribution in [-0.2, 0) is 71.7 Å². The summed E-state index contributed by atoms with van der Waals surface area (Å²) in [5, 5.41) is 45.5. The zero-order valence-electron chi connectivity index (χ0n) is 72.0. The van der Waals surface area contributed by atoms with E-state index in [1.54, 1.807) is 77.3 Å². The fourth-order valence-corrected chi connectivity index (χ4v) is 15.5. The maximum absolute atomic E-state index is 14.6. The van der Waals surface area contributed by atoms with E-state index in [1.807, 2.05) is 24.5 Å². The maximum Gasteiger partial charge on any atom is 0.317 e. The molecular formula is C84H114F4N20O20. The highest BCUT2D eigenvalue weighted by molar-refractivity contribution is 6.08. The van der Waals surface area contributed by atoms with Crippen LogP contribution in [0.25, 0.3) is 21.8 Å². The van der Waals surface area contributed by atoms with Crippen molar-refractivity contribution in [1.82, 2.24) is 90.9 Å². The van der Waals surface area contributed by atoms with Crippen LogP contribution in [-0.4, -0.2) is 402 Å². The number of nitriles is 2. The van der Waals surface area contributed by atoms with E-state index >= 15 is 0 Å². The largest absolute Gasteiger partial charge is 0.494 e. The number of aromatic nitrogens is 2. The van der Waals surface area contributed by atoms with Crippen molar-refractivity contribution >= 4 is 99.8 Å². The second-order valence-electron chi connectivity index (χ2n) is 32.0. The smallest absolute Gasteiger partial charge is 0.317 e. The van der Waals surface area contributed by atoms with Gasteiger partial charge in [0.1, 0.15) is 43.1 Å². The Balaban J connectivity index is 0.699. The van der Waals surface area contributed by atoms with Gasteiger partial charge in [0.25, 0.3) is 36.6 Å².